The predicted octanol–water partition coefficient (Wildman–Crippen LogP) is 7.05. The van der Waals surface area contributed by atoms with E-state index in [9.17, 15) is 8.42 Å². The molecule has 6 nitrogen and oxygen atoms in total. The minimum atomic E-state index is -3.78. The number of imidazole rings is 1. The average Bonchev–Trinajstić information content (AvgIpc) is 3.42. The largest absolute Gasteiger partial charge is 0.497 e. The van der Waals surface area contributed by atoms with Crippen LogP contribution in [-0.2, 0) is 23.1 Å². The molecule has 5 rings (SSSR count). The highest BCUT2D eigenvalue weighted by molar-refractivity contribution is 7.99. The second-order valence-electron chi connectivity index (χ2n) is 9.16. The molecule has 0 unspecified atom stereocenters. The number of ether oxygens (including phenoxy) is 1. The van der Waals surface area contributed by atoms with Gasteiger partial charge in [-0.2, -0.15) is 4.31 Å². The Balaban J connectivity index is 1.48. The maximum Gasteiger partial charge on any atom is 0.243 e. The molecule has 0 amide bonds. The molecule has 204 valence electrons. The van der Waals surface area contributed by atoms with E-state index in [-0.39, 0.29) is 18.0 Å². The number of hydrogen-bond acceptors (Lipinski definition) is 5. The molecule has 0 aliphatic heterocycles. The zero-order chi connectivity index (χ0) is 28.0. The summed E-state index contributed by atoms with van der Waals surface area (Å²) in [5, 5.41) is 0.872. The number of rotatable bonds is 11. The van der Waals surface area contributed by atoms with Crippen molar-refractivity contribution in [2.45, 2.75) is 30.1 Å². The third-order valence-electron chi connectivity index (χ3n) is 6.52. The van der Waals surface area contributed by atoms with E-state index in [1.807, 2.05) is 103 Å². The van der Waals surface area contributed by atoms with Crippen LogP contribution in [0.25, 0.3) is 16.9 Å². The van der Waals surface area contributed by atoms with Crippen LogP contribution < -0.4 is 4.74 Å². The predicted molar refractivity (Wildman–Crippen MR) is 161 cm³/mol. The second-order valence-corrected chi connectivity index (χ2v) is 12.3. The van der Waals surface area contributed by atoms with Gasteiger partial charge in [0.25, 0.3) is 0 Å². The smallest absolute Gasteiger partial charge is 0.243 e. The van der Waals surface area contributed by atoms with Gasteiger partial charge in [-0.15, -0.1) is 0 Å². The zero-order valence-corrected chi connectivity index (χ0v) is 24.1. The van der Waals surface area contributed by atoms with Crippen LogP contribution in [0.4, 0.5) is 0 Å². The molecule has 0 radical (unpaired) electrons. The highest BCUT2D eigenvalue weighted by Crippen LogP contribution is 2.32. The molecular formula is C32H31N3O3S2. The van der Waals surface area contributed by atoms with Crippen molar-refractivity contribution in [1.82, 2.24) is 13.9 Å². The molecule has 8 heteroatoms. The first-order valence-electron chi connectivity index (χ1n) is 13.0. The van der Waals surface area contributed by atoms with Crippen molar-refractivity contribution in [3.8, 4) is 22.7 Å². The van der Waals surface area contributed by atoms with E-state index in [4.69, 9.17) is 4.74 Å². The van der Waals surface area contributed by atoms with Gasteiger partial charge in [0.15, 0.2) is 5.16 Å². The first-order chi connectivity index (χ1) is 19.5. The van der Waals surface area contributed by atoms with Crippen molar-refractivity contribution in [1.29, 1.82) is 0 Å². The molecule has 0 N–H and O–H groups in total. The summed E-state index contributed by atoms with van der Waals surface area (Å²) in [6, 6.07) is 34.3. The van der Waals surface area contributed by atoms with Gasteiger partial charge in [-0.25, -0.2) is 13.4 Å². The number of nitrogens with zero attached hydrogens (tertiary/aromatic N) is 3. The molecule has 0 saturated heterocycles. The Morgan fingerprint density at radius 3 is 1.90 bits per heavy atom. The maximum absolute atomic E-state index is 13.9. The van der Waals surface area contributed by atoms with Gasteiger partial charge in [0.05, 0.1) is 23.9 Å². The molecule has 0 aliphatic carbocycles. The normalized spacial score (nSPS) is 11.6. The lowest BCUT2D eigenvalue weighted by Gasteiger charge is -2.23. The van der Waals surface area contributed by atoms with Crippen LogP contribution >= 0.6 is 11.8 Å². The fraction of sp³-hybridized carbons (Fsp3) is 0.156. The van der Waals surface area contributed by atoms with E-state index < -0.39 is 10.0 Å². The van der Waals surface area contributed by atoms with Crippen molar-refractivity contribution < 1.29 is 13.2 Å². The summed E-state index contributed by atoms with van der Waals surface area (Å²) in [5.74, 6) is 1.66. The van der Waals surface area contributed by atoms with Crippen molar-refractivity contribution in [3.05, 3.63) is 127 Å². The first-order valence-corrected chi connectivity index (χ1v) is 15.5. The van der Waals surface area contributed by atoms with E-state index in [0.29, 0.717) is 0 Å². The van der Waals surface area contributed by atoms with E-state index >= 15 is 0 Å². The second kappa shape index (κ2) is 12.6. The van der Waals surface area contributed by atoms with Crippen LogP contribution in [0.1, 0.15) is 18.1 Å². The van der Waals surface area contributed by atoms with Gasteiger partial charge in [0.2, 0.25) is 10.0 Å². The third-order valence-corrected chi connectivity index (χ3v) is 9.17. The number of thioether (sulfide) groups is 1. The highest BCUT2D eigenvalue weighted by atomic mass is 32.2. The van der Waals surface area contributed by atoms with Crippen LogP contribution in [0.2, 0.25) is 0 Å². The molecule has 0 spiro atoms. The molecule has 0 saturated carbocycles. The van der Waals surface area contributed by atoms with Crippen LogP contribution in [0.5, 0.6) is 5.75 Å². The molecule has 4 aromatic carbocycles. The lowest BCUT2D eigenvalue weighted by atomic mass is 10.1. The van der Waals surface area contributed by atoms with Gasteiger partial charge >= 0.3 is 0 Å². The number of methoxy groups -OCH3 is 1. The Hall–Kier alpha value is -3.85. The Kier molecular flexibility index (Phi) is 8.69. The summed E-state index contributed by atoms with van der Waals surface area (Å²) in [4.78, 5) is 4.91. The summed E-state index contributed by atoms with van der Waals surface area (Å²) >= 11 is 1.65. The highest BCUT2D eigenvalue weighted by Gasteiger charge is 2.25. The standard InChI is InChI=1S/C32H31N3O3S2/c1-3-39-32-33-22-31(35(32)28-16-18-29(38-2)19-17-28)27-14-20-30(21-15-27)40(36,37)34(23-25-10-6-4-7-11-25)24-26-12-8-5-9-13-26/h4-22H,3,23-24H2,1-2H3. The van der Waals surface area contributed by atoms with Gasteiger partial charge < -0.3 is 4.74 Å². The fourth-order valence-electron chi connectivity index (χ4n) is 4.50. The van der Waals surface area contributed by atoms with E-state index in [1.165, 1.54) is 4.31 Å². The maximum atomic E-state index is 13.9. The zero-order valence-electron chi connectivity index (χ0n) is 22.5. The average molecular weight is 570 g/mol. The number of benzene rings is 4. The van der Waals surface area contributed by atoms with E-state index in [0.717, 1.165) is 44.7 Å². The van der Waals surface area contributed by atoms with Crippen molar-refractivity contribution in [3.63, 3.8) is 0 Å². The van der Waals surface area contributed by atoms with Crippen LogP contribution in [-0.4, -0.2) is 35.1 Å². The molecule has 0 atom stereocenters. The fourth-order valence-corrected chi connectivity index (χ4v) is 6.63. The van der Waals surface area contributed by atoms with Gasteiger partial charge in [0, 0.05) is 24.3 Å². The van der Waals surface area contributed by atoms with Gasteiger partial charge in [-0.1, -0.05) is 91.5 Å². The molecular weight excluding hydrogens is 539 g/mol. The Bertz CT molecular complexity index is 1590. The topological polar surface area (TPSA) is 64.4 Å². The quantitative estimate of drug-likeness (QED) is 0.160. The van der Waals surface area contributed by atoms with E-state index in [2.05, 4.69) is 16.5 Å². The summed E-state index contributed by atoms with van der Waals surface area (Å²) < 4.78 is 36.8. The SMILES string of the molecule is CCSc1ncc(-c2ccc(S(=O)(=O)N(Cc3ccccc3)Cc3ccccc3)cc2)n1-c1ccc(OC)cc1. The van der Waals surface area contributed by atoms with Crippen molar-refractivity contribution in [2.75, 3.05) is 12.9 Å². The van der Waals surface area contributed by atoms with Gasteiger partial charge in [-0.05, 0) is 53.3 Å². The molecule has 1 heterocycles. The van der Waals surface area contributed by atoms with Crippen molar-refractivity contribution >= 4 is 21.8 Å². The van der Waals surface area contributed by atoms with Gasteiger partial charge in [0.1, 0.15) is 5.75 Å². The monoisotopic (exact) mass is 569 g/mol. The summed E-state index contributed by atoms with van der Waals surface area (Å²) in [6.45, 7) is 2.65. The minimum Gasteiger partial charge on any atom is -0.497 e. The van der Waals surface area contributed by atoms with Crippen LogP contribution in [0.15, 0.2) is 125 Å². The molecule has 0 aliphatic rings. The summed E-state index contributed by atoms with van der Waals surface area (Å²) in [7, 11) is -2.13. The lowest BCUT2D eigenvalue weighted by molar-refractivity contribution is 0.401. The number of sulfonamides is 1. The molecule has 0 fully saturated rings. The number of hydrogen-bond donors (Lipinski definition) is 0. The Labute approximate surface area is 240 Å². The van der Waals surface area contributed by atoms with Gasteiger partial charge in [-0.3, -0.25) is 4.57 Å². The Morgan fingerprint density at radius 1 is 0.800 bits per heavy atom. The molecule has 0 bridgehead atoms. The number of aromatic nitrogens is 2. The summed E-state index contributed by atoms with van der Waals surface area (Å²) in [6.07, 6.45) is 1.84. The Morgan fingerprint density at radius 2 is 1.38 bits per heavy atom. The van der Waals surface area contributed by atoms with Crippen LogP contribution in [0.3, 0.4) is 0 Å². The lowest BCUT2D eigenvalue weighted by Crippen LogP contribution is -2.30. The third kappa shape index (κ3) is 6.14. The first kappa shape index (κ1) is 27.7. The molecule has 40 heavy (non-hydrogen) atoms. The summed E-state index contributed by atoms with van der Waals surface area (Å²) in [5.41, 5.74) is 4.59. The molecule has 5 aromatic rings. The minimum absolute atomic E-state index is 0.252. The van der Waals surface area contributed by atoms with Crippen molar-refractivity contribution in [2.24, 2.45) is 0 Å². The van der Waals surface area contributed by atoms with Crippen LogP contribution in [0, 0.1) is 0 Å². The molecule has 1 aromatic heterocycles. The van der Waals surface area contributed by atoms with E-state index in [1.54, 1.807) is 31.0 Å².